The summed E-state index contributed by atoms with van der Waals surface area (Å²) in [5.74, 6) is 1.08. The van der Waals surface area contributed by atoms with Crippen LogP contribution in [0.1, 0.15) is 64.2 Å². The largest absolute Gasteiger partial charge is 0.370 e. The summed E-state index contributed by atoms with van der Waals surface area (Å²) >= 11 is 0. The Bertz CT molecular complexity index is 488. The third-order valence-corrected chi connectivity index (χ3v) is 7.28. The van der Waals surface area contributed by atoms with E-state index >= 15 is 0 Å². The van der Waals surface area contributed by atoms with Crippen LogP contribution >= 0.6 is 0 Å². The number of amides is 1. The molecule has 0 radical (unpaired) electrons. The van der Waals surface area contributed by atoms with Crippen molar-refractivity contribution in [1.29, 1.82) is 0 Å². The van der Waals surface area contributed by atoms with Gasteiger partial charge in [-0.05, 0) is 62.7 Å². The molecule has 134 valence electrons. The molecule has 1 saturated heterocycles. The maximum Gasteiger partial charge on any atom is 0.239 e. The zero-order chi connectivity index (χ0) is 16.4. The van der Waals surface area contributed by atoms with Gasteiger partial charge in [-0.15, -0.1) is 0 Å². The first kappa shape index (κ1) is 15.6. The summed E-state index contributed by atoms with van der Waals surface area (Å²) in [5, 5.41) is 0. The van der Waals surface area contributed by atoms with E-state index in [1.54, 1.807) is 0 Å². The summed E-state index contributed by atoms with van der Waals surface area (Å²) in [4.78, 5) is 34.9. The van der Waals surface area contributed by atoms with Crippen LogP contribution in [0.15, 0.2) is 0 Å². The van der Waals surface area contributed by atoms with E-state index in [0.29, 0.717) is 37.0 Å². The minimum absolute atomic E-state index is 0.235. The molecule has 1 heterocycles. The van der Waals surface area contributed by atoms with Gasteiger partial charge in [0.1, 0.15) is 0 Å². The summed E-state index contributed by atoms with van der Waals surface area (Å²) in [7, 11) is 0. The minimum Gasteiger partial charge on any atom is -0.370 e. The maximum absolute atomic E-state index is 11.1. The third-order valence-electron chi connectivity index (χ3n) is 7.28. The zero-order valence-electron chi connectivity index (χ0n) is 14.1. The summed E-state index contributed by atoms with van der Waals surface area (Å²) in [6.45, 7) is 0. The van der Waals surface area contributed by atoms with Gasteiger partial charge >= 0.3 is 0 Å². The molecular weight excluding hydrogens is 310 g/mol. The number of nitrogens with two attached hydrogens (primary N) is 1. The number of carbonyl (C=O) groups excluding carboxylic acids is 1. The summed E-state index contributed by atoms with van der Waals surface area (Å²) < 4.78 is 0. The first-order valence-electron chi connectivity index (χ1n) is 9.59. The molecule has 0 unspecified atom stereocenters. The van der Waals surface area contributed by atoms with Crippen LogP contribution in [0.2, 0.25) is 0 Å². The van der Waals surface area contributed by atoms with Crippen LogP contribution in [0.25, 0.3) is 0 Å². The van der Waals surface area contributed by atoms with E-state index in [4.69, 9.17) is 25.3 Å². The van der Waals surface area contributed by atoms with Crippen LogP contribution in [0, 0.1) is 29.6 Å². The number of rotatable bonds is 2. The first-order valence-corrected chi connectivity index (χ1v) is 9.59. The van der Waals surface area contributed by atoms with Crippen molar-refractivity contribution in [3.63, 3.8) is 0 Å². The fraction of sp³-hybridized carbons (Fsp3) is 0.944. The van der Waals surface area contributed by atoms with E-state index in [2.05, 4.69) is 0 Å². The van der Waals surface area contributed by atoms with Crippen molar-refractivity contribution in [1.82, 2.24) is 0 Å². The lowest BCUT2D eigenvalue weighted by Crippen LogP contribution is -2.64. The summed E-state index contributed by atoms with van der Waals surface area (Å²) in [6, 6.07) is 0. The third kappa shape index (κ3) is 2.34. The number of hydrogen-bond donors (Lipinski definition) is 1. The second-order valence-corrected chi connectivity index (χ2v) is 8.88. The van der Waals surface area contributed by atoms with Gasteiger partial charge in [-0.3, -0.25) is 4.79 Å². The Balaban J connectivity index is 1.24. The molecule has 1 aliphatic heterocycles. The number of hydrogen-bond acceptors (Lipinski definition) is 5. The second kappa shape index (κ2) is 5.40. The minimum atomic E-state index is -0.798. The van der Waals surface area contributed by atoms with Crippen LogP contribution in [-0.2, 0) is 24.3 Å². The molecule has 6 nitrogen and oxygen atoms in total. The van der Waals surface area contributed by atoms with E-state index < -0.39 is 11.6 Å². The molecule has 0 aromatic rings. The number of carbonyl (C=O) groups is 1. The lowest BCUT2D eigenvalue weighted by atomic mass is 9.53. The van der Waals surface area contributed by atoms with Crippen molar-refractivity contribution in [3.05, 3.63) is 0 Å². The van der Waals surface area contributed by atoms with Crippen molar-refractivity contribution in [3.8, 4) is 0 Å². The highest BCUT2D eigenvalue weighted by molar-refractivity contribution is 5.73. The average Bonchev–Trinajstić information content (AvgIpc) is 2.56. The summed E-state index contributed by atoms with van der Waals surface area (Å²) in [5.41, 5.74) is 5.30. The van der Waals surface area contributed by atoms with E-state index in [1.165, 1.54) is 32.1 Å². The Hall–Kier alpha value is -0.690. The van der Waals surface area contributed by atoms with E-state index in [9.17, 15) is 4.79 Å². The molecule has 4 bridgehead atoms. The van der Waals surface area contributed by atoms with Crippen molar-refractivity contribution >= 4 is 5.91 Å². The van der Waals surface area contributed by atoms with E-state index in [0.717, 1.165) is 24.7 Å². The Morgan fingerprint density at radius 2 is 1.42 bits per heavy atom. The normalized spacial score (nSPS) is 52.9. The molecule has 5 saturated carbocycles. The van der Waals surface area contributed by atoms with Crippen molar-refractivity contribution < 1.29 is 24.3 Å². The maximum atomic E-state index is 11.1. The number of primary amides is 1. The molecular formula is C18H27NO5. The molecule has 5 aliphatic carbocycles. The van der Waals surface area contributed by atoms with Crippen LogP contribution in [0.4, 0.5) is 0 Å². The van der Waals surface area contributed by atoms with Gasteiger partial charge in [0, 0.05) is 31.1 Å². The van der Waals surface area contributed by atoms with Crippen molar-refractivity contribution in [2.45, 2.75) is 75.8 Å². The Morgan fingerprint density at radius 1 is 0.875 bits per heavy atom. The monoisotopic (exact) mass is 337 g/mol. The molecule has 0 aromatic carbocycles. The fourth-order valence-corrected chi connectivity index (χ4v) is 6.20. The highest BCUT2D eigenvalue weighted by atomic mass is 17.4. The molecule has 0 aromatic heterocycles. The van der Waals surface area contributed by atoms with Gasteiger partial charge in [-0.2, -0.15) is 19.6 Å². The molecule has 6 heteroatoms. The topological polar surface area (TPSA) is 80.0 Å². The van der Waals surface area contributed by atoms with Gasteiger partial charge in [0.15, 0.2) is 0 Å². The molecule has 2 N–H and O–H groups in total. The van der Waals surface area contributed by atoms with Gasteiger partial charge in [-0.1, -0.05) is 0 Å². The predicted octanol–water partition coefficient (Wildman–Crippen LogP) is 2.81. The van der Waals surface area contributed by atoms with Crippen LogP contribution in [0.5, 0.6) is 0 Å². The van der Waals surface area contributed by atoms with E-state index in [1.807, 2.05) is 0 Å². The SMILES string of the molecule is NC(=O)CC1CCC2(CC1)OOC1(OO2)C2CC3CC(C2)CC1C3. The molecule has 0 atom stereocenters. The van der Waals surface area contributed by atoms with Gasteiger partial charge in [0.05, 0.1) is 0 Å². The molecule has 6 aliphatic rings. The van der Waals surface area contributed by atoms with Crippen LogP contribution in [0.3, 0.4) is 0 Å². The smallest absolute Gasteiger partial charge is 0.239 e. The Labute approximate surface area is 142 Å². The Kier molecular flexibility index (Phi) is 3.50. The summed E-state index contributed by atoms with van der Waals surface area (Å²) in [6.07, 6.45) is 9.58. The average molecular weight is 337 g/mol. The van der Waals surface area contributed by atoms with Gasteiger partial charge in [-0.25, -0.2) is 0 Å². The molecule has 6 fully saturated rings. The fourth-order valence-electron chi connectivity index (χ4n) is 6.20. The van der Waals surface area contributed by atoms with Crippen molar-refractivity contribution in [2.75, 3.05) is 0 Å². The first-order chi connectivity index (χ1) is 11.6. The quantitative estimate of drug-likeness (QED) is 0.784. The molecule has 6 rings (SSSR count). The molecule has 2 spiro atoms. The predicted molar refractivity (Wildman–Crippen MR) is 82.6 cm³/mol. The van der Waals surface area contributed by atoms with Gasteiger partial charge in [0.25, 0.3) is 0 Å². The molecule has 24 heavy (non-hydrogen) atoms. The standard InChI is InChI=1S/C18H27NO5/c19-16(20)10-11-1-3-17(4-2-11)21-23-18(24-22-17)14-6-12-5-13(8-14)9-15(18)7-12/h11-15H,1-10H2,(H2,19,20). The van der Waals surface area contributed by atoms with Gasteiger partial charge < -0.3 is 5.73 Å². The molecule has 1 amide bonds. The van der Waals surface area contributed by atoms with Gasteiger partial charge in [0.2, 0.25) is 17.5 Å². The van der Waals surface area contributed by atoms with E-state index in [-0.39, 0.29) is 5.91 Å². The lowest BCUT2D eigenvalue weighted by Gasteiger charge is -2.60. The highest BCUT2D eigenvalue weighted by Gasteiger charge is 2.64. The second-order valence-electron chi connectivity index (χ2n) is 8.88. The van der Waals surface area contributed by atoms with Crippen molar-refractivity contribution in [2.24, 2.45) is 35.3 Å². The van der Waals surface area contributed by atoms with Crippen LogP contribution in [-0.4, -0.2) is 17.5 Å². The zero-order valence-corrected chi connectivity index (χ0v) is 14.1. The Morgan fingerprint density at radius 3 is 1.92 bits per heavy atom. The van der Waals surface area contributed by atoms with Crippen LogP contribution < -0.4 is 5.73 Å². The highest BCUT2D eigenvalue weighted by Crippen LogP contribution is 2.61. The lowest BCUT2D eigenvalue weighted by molar-refractivity contribution is -0.680.